The summed E-state index contributed by atoms with van der Waals surface area (Å²) < 4.78 is 9.89. The fourth-order valence-corrected chi connectivity index (χ4v) is 1.47. The Labute approximate surface area is 107 Å². The van der Waals surface area contributed by atoms with Gasteiger partial charge in [0.15, 0.2) is 0 Å². The zero-order chi connectivity index (χ0) is 13.9. The predicted octanol–water partition coefficient (Wildman–Crippen LogP) is 2.74. The maximum atomic E-state index is 11.8. The van der Waals surface area contributed by atoms with Gasteiger partial charge < -0.3 is 9.47 Å². The van der Waals surface area contributed by atoms with Gasteiger partial charge in [-0.15, -0.1) is 0 Å². The summed E-state index contributed by atoms with van der Waals surface area (Å²) in [7, 11) is 1.32. The summed E-state index contributed by atoms with van der Waals surface area (Å²) in [5, 5.41) is 0. The van der Waals surface area contributed by atoms with E-state index in [1.54, 1.807) is 45.9 Å². The van der Waals surface area contributed by atoms with Gasteiger partial charge in [0.05, 0.1) is 18.2 Å². The second kappa shape index (κ2) is 5.21. The highest BCUT2D eigenvalue weighted by Crippen LogP contribution is 2.16. The number of ether oxygens (including phenoxy) is 2. The predicted molar refractivity (Wildman–Crippen MR) is 67.7 cm³/mol. The number of rotatable bonds is 2. The van der Waals surface area contributed by atoms with Gasteiger partial charge in [0.2, 0.25) is 0 Å². The standard InChI is InChI=1S/C14H18O4/c1-9-8-10(12(15)18-14(2,3)4)6-7-11(9)13(16)17-5/h6-8H,1-5H3. The van der Waals surface area contributed by atoms with Crippen molar-refractivity contribution in [1.82, 2.24) is 0 Å². The van der Waals surface area contributed by atoms with Crippen LogP contribution < -0.4 is 0 Å². The van der Waals surface area contributed by atoms with E-state index in [4.69, 9.17) is 4.74 Å². The molecule has 0 aliphatic heterocycles. The molecule has 0 aliphatic carbocycles. The SMILES string of the molecule is COC(=O)c1ccc(C(=O)OC(C)(C)C)cc1C. The summed E-state index contributed by atoms with van der Waals surface area (Å²) in [4.78, 5) is 23.2. The second-order valence-electron chi connectivity index (χ2n) is 5.02. The smallest absolute Gasteiger partial charge is 0.338 e. The van der Waals surface area contributed by atoms with Crippen LogP contribution in [0.5, 0.6) is 0 Å². The first-order valence-electron chi connectivity index (χ1n) is 5.67. The first kappa shape index (κ1) is 14.2. The number of aryl methyl sites for hydroxylation is 1. The van der Waals surface area contributed by atoms with E-state index in [1.165, 1.54) is 7.11 Å². The number of hydrogen-bond acceptors (Lipinski definition) is 4. The molecular weight excluding hydrogens is 232 g/mol. The van der Waals surface area contributed by atoms with E-state index in [9.17, 15) is 9.59 Å². The summed E-state index contributed by atoms with van der Waals surface area (Å²) >= 11 is 0. The Morgan fingerprint density at radius 1 is 1.11 bits per heavy atom. The van der Waals surface area contributed by atoms with Crippen molar-refractivity contribution >= 4 is 11.9 Å². The van der Waals surface area contributed by atoms with Crippen molar-refractivity contribution in [3.8, 4) is 0 Å². The molecule has 0 saturated heterocycles. The van der Waals surface area contributed by atoms with Crippen molar-refractivity contribution in [2.45, 2.75) is 33.3 Å². The molecule has 18 heavy (non-hydrogen) atoms. The van der Waals surface area contributed by atoms with Gasteiger partial charge in [-0.05, 0) is 51.5 Å². The van der Waals surface area contributed by atoms with Crippen LogP contribution in [0.2, 0.25) is 0 Å². The molecule has 0 aromatic heterocycles. The van der Waals surface area contributed by atoms with Gasteiger partial charge in [-0.25, -0.2) is 9.59 Å². The molecule has 1 rings (SSSR count). The molecule has 0 spiro atoms. The molecule has 0 bridgehead atoms. The van der Waals surface area contributed by atoms with E-state index in [0.717, 1.165) is 0 Å². The highest BCUT2D eigenvalue weighted by Gasteiger charge is 2.19. The molecule has 1 aromatic carbocycles. The molecule has 4 nitrogen and oxygen atoms in total. The van der Waals surface area contributed by atoms with Crippen LogP contribution in [0.15, 0.2) is 18.2 Å². The average Bonchev–Trinajstić information content (AvgIpc) is 2.25. The molecule has 0 amide bonds. The molecule has 0 unspecified atom stereocenters. The third-order valence-corrected chi connectivity index (χ3v) is 2.27. The first-order valence-corrected chi connectivity index (χ1v) is 5.67. The van der Waals surface area contributed by atoms with Crippen LogP contribution >= 0.6 is 0 Å². The topological polar surface area (TPSA) is 52.6 Å². The zero-order valence-electron chi connectivity index (χ0n) is 11.4. The van der Waals surface area contributed by atoms with Crippen molar-refractivity contribution in [2.75, 3.05) is 7.11 Å². The van der Waals surface area contributed by atoms with Crippen LogP contribution in [-0.2, 0) is 9.47 Å². The molecule has 0 radical (unpaired) electrons. The van der Waals surface area contributed by atoms with Crippen LogP contribution in [0.1, 0.15) is 47.1 Å². The summed E-state index contributed by atoms with van der Waals surface area (Å²) in [6.07, 6.45) is 0. The minimum Gasteiger partial charge on any atom is -0.465 e. The first-order chi connectivity index (χ1) is 8.24. The molecule has 0 N–H and O–H groups in total. The zero-order valence-corrected chi connectivity index (χ0v) is 11.4. The van der Waals surface area contributed by atoms with Crippen molar-refractivity contribution < 1.29 is 19.1 Å². The number of benzene rings is 1. The van der Waals surface area contributed by atoms with Gasteiger partial charge in [-0.3, -0.25) is 0 Å². The Morgan fingerprint density at radius 2 is 1.72 bits per heavy atom. The quantitative estimate of drug-likeness (QED) is 0.757. The number of hydrogen-bond donors (Lipinski definition) is 0. The van der Waals surface area contributed by atoms with Gasteiger partial charge in [-0.1, -0.05) is 0 Å². The molecule has 0 aliphatic rings. The van der Waals surface area contributed by atoms with Gasteiger partial charge >= 0.3 is 11.9 Å². The maximum Gasteiger partial charge on any atom is 0.338 e. The maximum absolute atomic E-state index is 11.8. The van der Waals surface area contributed by atoms with E-state index in [2.05, 4.69) is 4.74 Å². The van der Waals surface area contributed by atoms with Crippen molar-refractivity contribution in [2.24, 2.45) is 0 Å². The fraction of sp³-hybridized carbons (Fsp3) is 0.429. The third-order valence-electron chi connectivity index (χ3n) is 2.27. The fourth-order valence-electron chi connectivity index (χ4n) is 1.47. The molecule has 0 atom stereocenters. The molecule has 4 heteroatoms. The van der Waals surface area contributed by atoms with Gasteiger partial charge in [0.25, 0.3) is 0 Å². The van der Waals surface area contributed by atoms with Crippen molar-refractivity contribution in [3.63, 3.8) is 0 Å². The number of esters is 2. The lowest BCUT2D eigenvalue weighted by atomic mass is 10.0. The van der Waals surface area contributed by atoms with Gasteiger partial charge in [0.1, 0.15) is 5.60 Å². The minimum absolute atomic E-state index is 0.401. The van der Waals surface area contributed by atoms with E-state index in [-0.39, 0.29) is 0 Å². The largest absolute Gasteiger partial charge is 0.465 e. The van der Waals surface area contributed by atoms with Crippen LogP contribution in [-0.4, -0.2) is 24.6 Å². The Balaban J connectivity index is 2.98. The lowest BCUT2D eigenvalue weighted by molar-refractivity contribution is 0.00690. The Bertz CT molecular complexity index is 469. The summed E-state index contributed by atoms with van der Waals surface area (Å²) in [6.45, 7) is 7.17. The molecule has 98 valence electrons. The summed E-state index contributed by atoms with van der Waals surface area (Å²) in [5.74, 6) is -0.815. The Kier molecular flexibility index (Phi) is 4.11. The lowest BCUT2D eigenvalue weighted by Crippen LogP contribution is -2.24. The van der Waals surface area contributed by atoms with Gasteiger partial charge in [0, 0.05) is 0 Å². The monoisotopic (exact) mass is 250 g/mol. The second-order valence-corrected chi connectivity index (χ2v) is 5.02. The summed E-state index contributed by atoms with van der Waals surface area (Å²) in [5.41, 5.74) is 1.02. The highest BCUT2D eigenvalue weighted by atomic mass is 16.6. The Morgan fingerprint density at radius 3 is 2.17 bits per heavy atom. The van der Waals surface area contributed by atoms with Crippen molar-refractivity contribution in [3.05, 3.63) is 34.9 Å². The van der Waals surface area contributed by atoms with Crippen molar-refractivity contribution in [1.29, 1.82) is 0 Å². The molecule has 0 saturated carbocycles. The van der Waals surface area contributed by atoms with Gasteiger partial charge in [-0.2, -0.15) is 0 Å². The minimum atomic E-state index is -0.536. The number of carbonyl (C=O) groups is 2. The Hall–Kier alpha value is -1.84. The normalized spacial score (nSPS) is 10.9. The summed E-state index contributed by atoms with van der Waals surface area (Å²) in [6, 6.07) is 4.76. The lowest BCUT2D eigenvalue weighted by Gasteiger charge is -2.19. The van der Waals surface area contributed by atoms with E-state index in [0.29, 0.717) is 16.7 Å². The van der Waals surface area contributed by atoms with E-state index < -0.39 is 17.5 Å². The number of carbonyl (C=O) groups excluding carboxylic acids is 2. The number of methoxy groups -OCH3 is 1. The molecule has 0 fully saturated rings. The van der Waals surface area contributed by atoms with Crippen LogP contribution in [0.3, 0.4) is 0 Å². The molecule has 0 heterocycles. The van der Waals surface area contributed by atoms with Crippen LogP contribution in [0, 0.1) is 6.92 Å². The van der Waals surface area contributed by atoms with E-state index >= 15 is 0 Å². The molecule has 1 aromatic rings. The molecular formula is C14H18O4. The van der Waals surface area contributed by atoms with Crippen LogP contribution in [0.4, 0.5) is 0 Å². The average molecular weight is 250 g/mol. The van der Waals surface area contributed by atoms with E-state index in [1.807, 2.05) is 0 Å². The van der Waals surface area contributed by atoms with Crippen LogP contribution in [0.25, 0.3) is 0 Å². The highest BCUT2D eigenvalue weighted by molar-refractivity contribution is 5.94. The third kappa shape index (κ3) is 3.58.